The van der Waals surface area contributed by atoms with Crippen LogP contribution < -0.4 is 5.32 Å². The zero-order chi connectivity index (χ0) is 16.7. The van der Waals surface area contributed by atoms with E-state index in [1.807, 2.05) is 25.2 Å². The third-order valence-electron chi connectivity index (χ3n) is 4.41. The van der Waals surface area contributed by atoms with Crippen molar-refractivity contribution >= 4 is 5.91 Å². The maximum atomic E-state index is 11.8. The fourth-order valence-corrected chi connectivity index (χ4v) is 3.31. The summed E-state index contributed by atoms with van der Waals surface area (Å²) in [5.74, 6) is 0.174. The van der Waals surface area contributed by atoms with E-state index in [0.29, 0.717) is 13.1 Å². The van der Waals surface area contributed by atoms with Crippen LogP contribution in [-0.4, -0.2) is 67.2 Å². The van der Waals surface area contributed by atoms with Gasteiger partial charge < -0.3 is 10.4 Å². The van der Waals surface area contributed by atoms with E-state index in [0.717, 1.165) is 32.5 Å². The fraction of sp³-hybridized carbons (Fsp3) is 0.611. The van der Waals surface area contributed by atoms with Crippen molar-refractivity contribution in [3.05, 3.63) is 35.9 Å². The topological polar surface area (TPSA) is 55.8 Å². The van der Waals surface area contributed by atoms with Gasteiger partial charge in [-0.1, -0.05) is 30.3 Å². The molecule has 2 N–H and O–H groups in total. The lowest BCUT2D eigenvalue weighted by Gasteiger charge is -2.33. The number of amides is 1. The molecule has 23 heavy (non-hydrogen) atoms. The number of β-amino-alcohol motifs (C(OH)–C–C–N with tert-alkyl or cyclic N) is 1. The van der Waals surface area contributed by atoms with E-state index in [2.05, 4.69) is 27.2 Å². The largest absolute Gasteiger partial charge is 0.390 e. The molecule has 0 spiro atoms. The number of carbonyl (C=O) groups is 1. The van der Waals surface area contributed by atoms with Gasteiger partial charge in [0.15, 0.2) is 0 Å². The Labute approximate surface area is 139 Å². The minimum absolute atomic E-state index is 0.0583. The summed E-state index contributed by atoms with van der Waals surface area (Å²) in [6.45, 7) is 3.81. The van der Waals surface area contributed by atoms with E-state index in [9.17, 15) is 9.90 Å². The Morgan fingerprint density at radius 1 is 1.43 bits per heavy atom. The molecule has 5 nitrogen and oxygen atoms in total. The van der Waals surface area contributed by atoms with E-state index in [1.54, 1.807) is 7.05 Å². The summed E-state index contributed by atoms with van der Waals surface area (Å²) in [4.78, 5) is 16.1. The molecule has 1 aromatic carbocycles. The normalized spacial score (nSPS) is 20.4. The highest BCUT2D eigenvalue weighted by Gasteiger charge is 2.26. The highest BCUT2D eigenvalue weighted by Crippen LogP contribution is 2.17. The lowest BCUT2D eigenvalue weighted by atomic mass is 9.97. The number of piperidine rings is 1. The molecule has 1 aromatic rings. The number of rotatable bonds is 7. The number of aliphatic hydroxyl groups is 1. The quantitative estimate of drug-likeness (QED) is 0.785. The molecule has 0 bridgehead atoms. The van der Waals surface area contributed by atoms with Crippen LogP contribution in [0.25, 0.3) is 0 Å². The lowest BCUT2D eigenvalue weighted by molar-refractivity contribution is -0.126. The van der Waals surface area contributed by atoms with Crippen LogP contribution in [0.1, 0.15) is 18.4 Å². The number of hydrogen-bond acceptors (Lipinski definition) is 4. The van der Waals surface area contributed by atoms with Gasteiger partial charge in [-0.3, -0.25) is 14.6 Å². The number of hydrogen-bond donors (Lipinski definition) is 2. The van der Waals surface area contributed by atoms with Gasteiger partial charge in [0.05, 0.1) is 12.0 Å². The average molecular weight is 319 g/mol. The van der Waals surface area contributed by atoms with Crippen LogP contribution in [-0.2, 0) is 11.3 Å². The van der Waals surface area contributed by atoms with Gasteiger partial charge in [0.2, 0.25) is 5.91 Å². The fourth-order valence-electron chi connectivity index (χ4n) is 3.31. The lowest BCUT2D eigenvalue weighted by Crippen LogP contribution is -2.46. The standard InChI is InChI=1S/C18H29N3O2/c1-19-18(23)16-9-6-10-21(12-16)14-17(22)13-20(2)11-15-7-4-3-5-8-15/h3-5,7-8,16-17,22H,6,9-14H2,1-2H3,(H,19,23). The highest BCUT2D eigenvalue weighted by molar-refractivity contribution is 5.78. The summed E-state index contributed by atoms with van der Waals surface area (Å²) in [6.07, 6.45) is 1.57. The Balaban J connectivity index is 1.75. The van der Waals surface area contributed by atoms with Crippen LogP contribution in [0.15, 0.2) is 30.3 Å². The molecule has 1 aliphatic heterocycles. The maximum Gasteiger partial charge on any atom is 0.224 e. The van der Waals surface area contributed by atoms with E-state index in [4.69, 9.17) is 0 Å². The number of nitrogens with one attached hydrogen (secondary N) is 1. The molecule has 128 valence electrons. The van der Waals surface area contributed by atoms with Crippen molar-refractivity contribution in [3.8, 4) is 0 Å². The first-order chi connectivity index (χ1) is 11.1. The first kappa shape index (κ1) is 17.9. The van der Waals surface area contributed by atoms with Crippen molar-refractivity contribution in [2.24, 2.45) is 5.92 Å². The summed E-state index contributed by atoms with van der Waals surface area (Å²) in [5, 5.41) is 13.1. The van der Waals surface area contributed by atoms with E-state index >= 15 is 0 Å². The van der Waals surface area contributed by atoms with Gasteiger partial charge >= 0.3 is 0 Å². The molecule has 5 heteroatoms. The van der Waals surface area contributed by atoms with Crippen molar-refractivity contribution in [3.63, 3.8) is 0 Å². The van der Waals surface area contributed by atoms with Gasteiger partial charge in [0, 0.05) is 33.2 Å². The number of aliphatic hydroxyl groups excluding tert-OH is 1. The number of nitrogens with zero attached hydrogens (tertiary/aromatic N) is 2. The van der Waals surface area contributed by atoms with Crippen LogP contribution in [0.2, 0.25) is 0 Å². The number of benzene rings is 1. The Hall–Kier alpha value is -1.43. The second-order valence-corrected chi connectivity index (χ2v) is 6.55. The highest BCUT2D eigenvalue weighted by atomic mass is 16.3. The molecule has 1 saturated heterocycles. The minimum Gasteiger partial charge on any atom is -0.390 e. The zero-order valence-corrected chi connectivity index (χ0v) is 14.2. The van der Waals surface area contributed by atoms with Crippen LogP contribution in [0.5, 0.6) is 0 Å². The predicted octanol–water partition coefficient (Wildman–Crippen LogP) is 0.937. The van der Waals surface area contributed by atoms with Crippen molar-refractivity contribution in [1.82, 2.24) is 15.1 Å². The SMILES string of the molecule is CNC(=O)C1CCCN(CC(O)CN(C)Cc2ccccc2)C1. The van der Waals surface area contributed by atoms with Crippen LogP contribution >= 0.6 is 0 Å². The van der Waals surface area contributed by atoms with Crippen molar-refractivity contribution < 1.29 is 9.90 Å². The predicted molar refractivity (Wildman–Crippen MR) is 92.0 cm³/mol. The zero-order valence-electron chi connectivity index (χ0n) is 14.2. The molecule has 0 radical (unpaired) electrons. The average Bonchev–Trinajstić information content (AvgIpc) is 2.55. The molecule has 2 unspecified atom stereocenters. The molecule has 0 aliphatic carbocycles. The third-order valence-corrected chi connectivity index (χ3v) is 4.41. The van der Waals surface area contributed by atoms with Crippen molar-refractivity contribution in [2.75, 3.05) is 40.3 Å². The summed E-state index contributed by atoms with van der Waals surface area (Å²) < 4.78 is 0. The van der Waals surface area contributed by atoms with Crippen molar-refractivity contribution in [1.29, 1.82) is 0 Å². The molecule has 1 heterocycles. The van der Waals surface area contributed by atoms with Gasteiger partial charge in [-0.15, -0.1) is 0 Å². The maximum absolute atomic E-state index is 11.8. The number of likely N-dealkylation sites (N-methyl/N-ethyl adjacent to an activating group) is 1. The van der Waals surface area contributed by atoms with Gasteiger partial charge in [0.25, 0.3) is 0 Å². The van der Waals surface area contributed by atoms with E-state index in [-0.39, 0.29) is 11.8 Å². The molecule has 1 fully saturated rings. The molecule has 2 atom stereocenters. The van der Waals surface area contributed by atoms with Crippen LogP contribution in [0.4, 0.5) is 0 Å². The first-order valence-electron chi connectivity index (χ1n) is 8.43. The molecular weight excluding hydrogens is 290 g/mol. The summed E-state index contributed by atoms with van der Waals surface area (Å²) in [7, 11) is 3.72. The molecule has 0 aromatic heterocycles. The third kappa shape index (κ3) is 5.94. The number of likely N-dealkylation sites (tertiary alicyclic amines) is 1. The second kappa shape index (κ2) is 9.01. The van der Waals surface area contributed by atoms with E-state index < -0.39 is 6.10 Å². The monoisotopic (exact) mass is 319 g/mol. The van der Waals surface area contributed by atoms with Gasteiger partial charge in [-0.25, -0.2) is 0 Å². The molecule has 0 saturated carbocycles. The summed E-state index contributed by atoms with van der Waals surface area (Å²) >= 11 is 0. The Bertz CT molecular complexity index is 480. The van der Waals surface area contributed by atoms with Crippen LogP contribution in [0, 0.1) is 5.92 Å². The Morgan fingerprint density at radius 2 is 2.17 bits per heavy atom. The molecule has 1 amide bonds. The molecule has 2 rings (SSSR count). The minimum atomic E-state index is -0.396. The van der Waals surface area contributed by atoms with Crippen molar-refractivity contribution in [2.45, 2.75) is 25.5 Å². The van der Waals surface area contributed by atoms with Gasteiger partial charge in [-0.2, -0.15) is 0 Å². The van der Waals surface area contributed by atoms with Gasteiger partial charge in [-0.05, 0) is 32.0 Å². The second-order valence-electron chi connectivity index (χ2n) is 6.55. The Kier molecular flexibility index (Phi) is 7.02. The first-order valence-corrected chi connectivity index (χ1v) is 8.43. The molecular formula is C18H29N3O2. The van der Waals surface area contributed by atoms with E-state index in [1.165, 1.54) is 5.56 Å². The van der Waals surface area contributed by atoms with Crippen LogP contribution in [0.3, 0.4) is 0 Å². The Morgan fingerprint density at radius 3 is 2.87 bits per heavy atom. The number of carbonyl (C=O) groups excluding carboxylic acids is 1. The molecule has 1 aliphatic rings. The summed E-state index contributed by atoms with van der Waals surface area (Å²) in [5.41, 5.74) is 1.25. The van der Waals surface area contributed by atoms with Gasteiger partial charge in [0.1, 0.15) is 0 Å². The summed E-state index contributed by atoms with van der Waals surface area (Å²) in [6, 6.07) is 10.3. The smallest absolute Gasteiger partial charge is 0.224 e.